The third kappa shape index (κ3) is 2.84. The van der Waals surface area contributed by atoms with Crippen LogP contribution in [-0.2, 0) is 15.1 Å². The molecule has 0 atom stereocenters. The zero-order valence-electron chi connectivity index (χ0n) is 4.87. The fourth-order valence-electron chi connectivity index (χ4n) is 0.347. The summed E-state index contributed by atoms with van der Waals surface area (Å²) in [4.78, 5) is 9.47. The van der Waals surface area contributed by atoms with Gasteiger partial charge in [-0.05, 0) is 0 Å². The summed E-state index contributed by atoms with van der Waals surface area (Å²) in [5, 5.41) is 8.19. The second-order valence-corrected chi connectivity index (χ2v) is 2.74. The van der Waals surface area contributed by atoms with E-state index in [4.69, 9.17) is 16.7 Å². The van der Waals surface area contributed by atoms with Crippen LogP contribution in [0.15, 0.2) is 0 Å². The number of rotatable bonds is 3. The van der Waals surface area contributed by atoms with Gasteiger partial charge in [-0.2, -0.15) is 8.42 Å². The van der Waals surface area contributed by atoms with E-state index in [2.05, 4.69) is 0 Å². The molecule has 0 aliphatic rings. The van der Waals surface area contributed by atoms with Crippen LogP contribution < -0.4 is 0 Å². The molecule has 0 fully saturated rings. The Bertz CT molecular complexity index is 244. The van der Waals surface area contributed by atoms with Gasteiger partial charge >= 0.3 is 5.97 Å². The Hall–Kier alpha value is -0.550. The third-order valence-electron chi connectivity index (χ3n) is 0.761. The van der Waals surface area contributed by atoms with Crippen molar-refractivity contribution in [2.45, 2.75) is 6.42 Å². The molecule has 4 nitrogen and oxygen atoms in total. The van der Waals surface area contributed by atoms with Gasteiger partial charge < -0.3 is 5.11 Å². The molecular formula is C4H5ClO4S. The van der Waals surface area contributed by atoms with Gasteiger partial charge in [0.15, 0.2) is 4.86 Å². The van der Waals surface area contributed by atoms with Crippen molar-refractivity contribution in [1.29, 1.82) is 0 Å². The average Bonchev–Trinajstić information content (AvgIpc) is 1.81. The molecule has 58 valence electrons. The van der Waals surface area contributed by atoms with E-state index in [-0.39, 0.29) is 12.3 Å². The van der Waals surface area contributed by atoms with E-state index in [0.717, 1.165) is 0 Å². The molecule has 0 heterocycles. The topological polar surface area (TPSA) is 71.4 Å². The molecule has 0 rings (SSSR count). The lowest BCUT2D eigenvalue weighted by Crippen LogP contribution is -2.14. The number of alkyl halides is 1. The second kappa shape index (κ2) is 4.29. The highest BCUT2D eigenvalue weighted by Gasteiger charge is 2.09. The summed E-state index contributed by atoms with van der Waals surface area (Å²) in [6.07, 6.45) is -0.132. The molecule has 0 unspecified atom stereocenters. The quantitative estimate of drug-likeness (QED) is 0.485. The molecule has 0 bridgehead atoms. The monoisotopic (exact) mass is 184 g/mol. The van der Waals surface area contributed by atoms with E-state index in [0.29, 0.717) is 0 Å². The van der Waals surface area contributed by atoms with Crippen molar-refractivity contribution >= 4 is 32.7 Å². The van der Waals surface area contributed by atoms with Gasteiger partial charge in [0.1, 0.15) is 0 Å². The molecule has 1 N–H and O–H groups in total. The first-order valence-corrected chi connectivity index (χ1v) is 3.95. The molecule has 0 saturated heterocycles. The molecule has 0 radical (unpaired) electrons. The fraction of sp³-hybridized carbons (Fsp3) is 0.500. The normalized spacial score (nSPS) is 8.90. The molecule has 10 heavy (non-hydrogen) atoms. The number of hydrogen-bond donors (Lipinski definition) is 1. The SMILES string of the molecule is O=C(O)C(CCCl)=S(=O)=O. The number of halogens is 1. The van der Waals surface area contributed by atoms with Crippen LogP contribution in [0.25, 0.3) is 0 Å². The highest BCUT2D eigenvalue weighted by molar-refractivity contribution is 7.74. The van der Waals surface area contributed by atoms with Crippen molar-refractivity contribution < 1.29 is 18.3 Å². The molecule has 6 heteroatoms. The third-order valence-corrected chi connectivity index (χ3v) is 1.73. The van der Waals surface area contributed by atoms with Crippen LogP contribution in [-0.4, -0.2) is 30.2 Å². The molecule has 0 aromatic heterocycles. The zero-order valence-corrected chi connectivity index (χ0v) is 6.44. The zero-order chi connectivity index (χ0) is 8.15. The minimum Gasteiger partial charge on any atom is -0.477 e. The first kappa shape index (κ1) is 9.45. The maximum Gasteiger partial charge on any atom is 0.347 e. The summed E-state index contributed by atoms with van der Waals surface area (Å²) in [5.41, 5.74) is 0. The van der Waals surface area contributed by atoms with E-state index >= 15 is 0 Å². The van der Waals surface area contributed by atoms with Crippen LogP contribution in [0.1, 0.15) is 6.42 Å². The summed E-state index contributed by atoms with van der Waals surface area (Å²) >= 11 is 5.13. The van der Waals surface area contributed by atoms with Crippen LogP contribution >= 0.6 is 11.6 Å². The summed E-state index contributed by atoms with van der Waals surface area (Å²) in [6.45, 7) is 0. The van der Waals surface area contributed by atoms with Gasteiger partial charge in [0.25, 0.3) is 0 Å². The van der Waals surface area contributed by atoms with Crippen molar-refractivity contribution in [1.82, 2.24) is 0 Å². The van der Waals surface area contributed by atoms with Crippen molar-refractivity contribution in [3.8, 4) is 0 Å². The Morgan fingerprint density at radius 1 is 1.50 bits per heavy atom. The molecule has 0 spiro atoms. The highest BCUT2D eigenvalue weighted by Crippen LogP contribution is 1.87. The standard InChI is InChI=1S/C4H5ClO4S/c5-2-1-3(4(6)7)10(8)9/h1-2H2,(H,6,7). The Labute approximate surface area is 64.0 Å². The highest BCUT2D eigenvalue weighted by atomic mass is 35.5. The van der Waals surface area contributed by atoms with E-state index in [9.17, 15) is 13.2 Å². The van der Waals surface area contributed by atoms with Gasteiger partial charge in [-0.1, -0.05) is 0 Å². The lowest BCUT2D eigenvalue weighted by Gasteiger charge is -1.88. The summed E-state index contributed by atoms with van der Waals surface area (Å²) in [5.74, 6) is -1.44. The van der Waals surface area contributed by atoms with Crippen LogP contribution in [0.3, 0.4) is 0 Å². The van der Waals surface area contributed by atoms with Crippen molar-refractivity contribution in [2.75, 3.05) is 5.88 Å². The van der Waals surface area contributed by atoms with Crippen molar-refractivity contribution in [3.05, 3.63) is 0 Å². The van der Waals surface area contributed by atoms with E-state index in [1.807, 2.05) is 0 Å². The molecule has 0 aliphatic heterocycles. The Morgan fingerprint density at radius 2 is 2.00 bits per heavy atom. The van der Waals surface area contributed by atoms with Gasteiger partial charge in [-0.25, -0.2) is 4.79 Å². The minimum atomic E-state index is -2.65. The van der Waals surface area contributed by atoms with Gasteiger partial charge in [-0.15, -0.1) is 11.6 Å². The van der Waals surface area contributed by atoms with E-state index < -0.39 is 21.1 Å². The van der Waals surface area contributed by atoms with Crippen molar-refractivity contribution in [2.24, 2.45) is 0 Å². The fourth-order valence-corrected chi connectivity index (χ4v) is 1.06. The minimum absolute atomic E-state index is 0.00435. The van der Waals surface area contributed by atoms with E-state index in [1.165, 1.54) is 0 Å². The maximum atomic E-state index is 10.1. The lowest BCUT2D eigenvalue weighted by molar-refractivity contribution is -0.129. The predicted octanol–water partition coefficient (Wildman–Crippen LogP) is -0.249. The number of carbonyl (C=O) groups is 1. The predicted molar refractivity (Wildman–Crippen MR) is 36.9 cm³/mol. The molecule has 0 aromatic carbocycles. The van der Waals surface area contributed by atoms with Crippen LogP contribution in [0.5, 0.6) is 0 Å². The van der Waals surface area contributed by atoms with E-state index in [1.54, 1.807) is 0 Å². The lowest BCUT2D eigenvalue weighted by atomic mass is 10.3. The number of carboxylic acid groups (broad SMARTS) is 1. The summed E-state index contributed by atoms with van der Waals surface area (Å²) in [7, 11) is -2.65. The number of carboxylic acids is 1. The summed E-state index contributed by atoms with van der Waals surface area (Å²) < 4.78 is 20.1. The summed E-state index contributed by atoms with van der Waals surface area (Å²) in [6, 6.07) is 0. The largest absolute Gasteiger partial charge is 0.477 e. The van der Waals surface area contributed by atoms with Gasteiger partial charge in [0.2, 0.25) is 10.3 Å². The Morgan fingerprint density at radius 3 is 2.10 bits per heavy atom. The Kier molecular flexibility index (Phi) is 4.06. The van der Waals surface area contributed by atoms with Gasteiger partial charge in [0, 0.05) is 12.3 Å². The number of hydrogen-bond acceptors (Lipinski definition) is 3. The molecule has 0 aromatic rings. The molecule has 0 amide bonds. The van der Waals surface area contributed by atoms with Gasteiger partial charge in [0.05, 0.1) is 0 Å². The smallest absolute Gasteiger partial charge is 0.347 e. The second-order valence-electron chi connectivity index (χ2n) is 1.40. The van der Waals surface area contributed by atoms with Crippen LogP contribution in [0.4, 0.5) is 0 Å². The van der Waals surface area contributed by atoms with Crippen LogP contribution in [0.2, 0.25) is 0 Å². The molecule has 0 aliphatic carbocycles. The average molecular weight is 185 g/mol. The first-order valence-electron chi connectivity index (χ1n) is 2.34. The first-order chi connectivity index (χ1) is 4.59. The molecular weight excluding hydrogens is 180 g/mol. The van der Waals surface area contributed by atoms with Crippen LogP contribution in [0, 0.1) is 0 Å². The molecule has 0 saturated carbocycles. The maximum absolute atomic E-state index is 10.1. The number of aliphatic carboxylic acids is 1. The Balaban J connectivity index is 4.63. The van der Waals surface area contributed by atoms with Gasteiger partial charge in [-0.3, -0.25) is 0 Å². The van der Waals surface area contributed by atoms with Crippen molar-refractivity contribution in [3.63, 3.8) is 0 Å².